The van der Waals surface area contributed by atoms with E-state index in [0.29, 0.717) is 29.9 Å². The number of piperidine rings is 1. The first-order valence-corrected chi connectivity index (χ1v) is 7.07. The van der Waals surface area contributed by atoms with Crippen molar-refractivity contribution in [1.29, 1.82) is 0 Å². The van der Waals surface area contributed by atoms with Gasteiger partial charge in [0.1, 0.15) is 0 Å². The quantitative estimate of drug-likeness (QED) is 0.941. The minimum absolute atomic E-state index is 0.248. The lowest BCUT2D eigenvalue weighted by Crippen LogP contribution is -2.37. The van der Waals surface area contributed by atoms with Gasteiger partial charge in [0, 0.05) is 17.1 Å². The molecule has 1 atom stereocenters. The SMILES string of the molecule is OC1CCCN(Cc2nnc(-c3ccc(Cl)cc3)o2)C1. The highest BCUT2D eigenvalue weighted by molar-refractivity contribution is 6.30. The number of nitrogens with zero attached hydrogens (tertiary/aromatic N) is 3. The van der Waals surface area contributed by atoms with E-state index < -0.39 is 0 Å². The Bertz CT molecular complexity index is 570. The third kappa shape index (κ3) is 3.17. The first-order valence-electron chi connectivity index (χ1n) is 6.69. The van der Waals surface area contributed by atoms with Crippen molar-refractivity contribution in [1.82, 2.24) is 15.1 Å². The summed E-state index contributed by atoms with van der Waals surface area (Å²) in [5.41, 5.74) is 0.854. The summed E-state index contributed by atoms with van der Waals surface area (Å²) in [4.78, 5) is 2.13. The van der Waals surface area contributed by atoms with Crippen LogP contribution in [0.2, 0.25) is 5.02 Å². The summed E-state index contributed by atoms with van der Waals surface area (Å²) < 4.78 is 5.66. The summed E-state index contributed by atoms with van der Waals surface area (Å²) in [6, 6.07) is 7.29. The fourth-order valence-electron chi connectivity index (χ4n) is 2.39. The molecule has 1 aliphatic heterocycles. The molecule has 1 aliphatic rings. The third-order valence-electron chi connectivity index (χ3n) is 3.40. The van der Waals surface area contributed by atoms with E-state index in [1.165, 1.54) is 0 Å². The van der Waals surface area contributed by atoms with Gasteiger partial charge in [-0.15, -0.1) is 10.2 Å². The lowest BCUT2D eigenvalue weighted by Gasteiger charge is -2.28. The van der Waals surface area contributed by atoms with Gasteiger partial charge in [-0.3, -0.25) is 4.90 Å². The van der Waals surface area contributed by atoms with E-state index >= 15 is 0 Å². The highest BCUT2D eigenvalue weighted by atomic mass is 35.5. The molecule has 0 spiro atoms. The molecular formula is C14H16ClN3O2. The Morgan fingerprint density at radius 3 is 2.85 bits per heavy atom. The highest BCUT2D eigenvalue weighted by Crippen LogP contribution is 2.21. The highest BCUT2D eigenvalue weighted by Gasteiger charge is 2.20. The fourth-order valence-corrected chi connectivity index (χ4v) is 2.52. The van der Waals surface area contributed by atoms with Gasteiger partial charge in [0.25, 0.3) is 0 Å². The second-order valence-corrected chi connectivity index (χ2v) is 5.48. The van der Waals surface area contributed by atoms with Crippen LogP contribution in [-0.4, -0.2) is 39.4 Å². The summed E-state index contributed by atoms with van der Waals surface area (Å²) in [6.07, 6.45) is 1.62. The number of likely N-dealkylation sites (tertiary alicyclic amines) is 1. The van der Waals surface area contributed by atoms with Crippen LogP contribution < -0.4 is 0 Å². The molecule has 6 heteroatoms. The number of hydrogen-bond acceptors (Lipinski definition) is 5. The predicted molar refractivity (Wildman–Crippen MR) is 75.3 cm³/mol. The topological polar surface area (TPSA) is 62.4 Å². The zero-order valence-corrected chi connectivity index (χ0v) is 11.8. The van der Waals surface area contributed by atoms with E-state index in [1.807, 2.05) is 12.1 Å². The Labute approximate surface area is 122 Å². The number of rotatable bonds is 3. The maximum absolute atomic E-state index is 9.65. The van der Waals surface area contributed by atoms with E-state index in [-0.39, 0.29) is 6.10 Å². The molecule has 0 bridgehead atoms. The van der Waals surface area contributed by atoms with Crippen molar-refractivity contribution in [3.8, 4) is 11.5 Å². The van der Waals surface area contributed by atoms with E-state index in [1.54, 1.807) is 12.1 Å². The van der Waals surface area contributed by atoms with Gasteiger partial charge in [0.05, 0.1) is 12.6 Å². The second kappa shape index (κ2) is 5.91. The second-order valence-electron chi connectivity index (χ2n) is 5.04. The van der Waals surface area contributed by atoms with Gasteiger partial charge in [-0.05, 0) is 43.7 Å². The number of aliphatic hydroxyl groups excluding tert-OH is 1. The number of aromatic nitrogens is 2. The number of hydrogen-bond donors (Lipinski definition) is 1. The van der Waals surface area contributed by atoms with E-state index in [0.717, 1.165) is 24.9 Å². The summed E-state index contributed by atoms with van der Waals surface area (Å²) in [5.74, 6) is 1.07. The van der Waals surface area contributed by atoms with Gasteiger partial charge in [-0.1, -0.05) is 11.6 Å². The Balaban J connectivity index is 1.69. The Morgan fingerprint density at radius 2 is 2.10 bits per heavy atom. The molecule has 0 saturated carbocycles. The zero-order chi connectivity index (χ0) is 13.9. The fraction of sp³-hybridized carbons (Fsp3) is 0.429. The van der Waals surface area contributed by atoms with Crippen molar-refractivity contribution >= 4 is 11.6 Å². The minimum atomic E-state index is -0.248. The number of benzene rings is 1. The normalized spacial score (nSPS) is 20.2. The molecule has 20 heavy (non-hydrogen) atoms. The van der Waals surface area contributed by atoms with Crippen molar-refractivity contribution in [2.24, 2.45) is 0 Å². The van der Waals surface area contributed by atoms with Crippen LogP contribution in [0, 0.1) is 0 Å². The van der Waals surface area contributed by atoms with Crippen LogP contribution in [0.4, 0.5) is 0 Å². The van der Waals surface area contributed by atoms with Crippen LogP contribution in [0.15, 0.2) is 28.7 Å². The molecule has 0 amide bonds. The van der Waals surface area contributed by atoms with Crippen molar-refractivity contribution in [2.45, 2.75) is 25.5 Å². The molecule has 1 aromatic carbocycles. The maximum atomic E-state index is 9.65. The summed E-state index contributed by atoms with van der Waals surface area (Å²) in [7, 11) is 0. The molecule has 1 saturated heterocycles. The Kier molecular flexibility index (Phi) is 4.00. The maximum Gasteiger partial charge on any atom is 0.247 e. The molecule has 5 nitrogen and oxygen atoms in total. The van der Waals surface area contributed by atoms with Gasteiger partial charge in [-0.2, -0.15) is 0 Å². The van der Waals surface area contributed by atoms with E-state index in [9.17, 15) is 5.11 Å². The van der Waals surface area contributed by atoms with Gasteiger partial charge in [0.2, 0.25) is 11.8 Å². The Hall–Kier alpha value is -1.43. The summed E-state index contributed by atoms with van der Waals surface area (Å²) >= 11 is 5.85. The molecule has 1 fully saturated rings. The average Bonchev–Trinajstić information content (AvgIpc) is 2.88. The third-order valence-corrected chi connectivity index (χ3v) is 3.65. The van der Waals surface area contributed by atoms with Crippen molar-refractivity contribution in [3.63, 3.8) is 0 Å². The summed E-state index contributed by atoms with van der Waals surface area (Å²) in [6.45, 7) is 2.20. The smallest absolute Gasteiger partial charge is 0.247 e. The van der Waals surface area contributed by atoms with Crippen LogP contribution in [-0.2, 0) is 6.54 Å². The largest absolute Gasteiger partial charge is 0.419 e. The standard InChI is InChI=1S/C14H16ClN3O2/c15-11-5-3-10(4-6-11)14-17-16-13(20-14)9-18-7-1-2-12(19)8-18/h3-6,12,19H,1-2,7-9H2. The molecule has 0 aliphatic carbocycles. The number of aliphatic hydroxyl groups is 1. The Morgan fingerprint density at radius 1 is 1.30 bits per heavy atom. The van der Waals surface area contributed by atoms with Gasteiger partial charge >= 0.3 is 0 Å². The predicted octanol–water partition coefficient (Wildman–Crippen LogP) is 2.35. The molecule has 0 radical (unpaired) electrons. The van der Waals surface area contributed by atoms with Crippen LogP contribution in [0.5, 0.6) is 0 Å². The molecule has 106 valence electrons. The first kappa shape index (κ1) is 13.5. The van der Waals surface area contributed by atoms with Crippen molar-refractivity contribution < 1.29 is 9.52 Å². The van der Waals surface area contributed by atoms with Crippen molar-refractivity contribution in [2.75, 3.05) is 13.1 Å². The molecule has 3 rings (SSSR count). The molecule has 1 N–H and O–H groups in total. The van der Waals surface area contributed by atoms with E-state index in [2.05, 4.69) is 15.1 Å². The monoisotopic (exact) mass is 293 g/mol. The molecule has 2 heterocycles. The molecule has 1 unspecified atom stereocenters. The summed E-state index contributed by atoms with van der Waals surface area (Å²) in [5, 5.41) is 18.4. The number of halogens is 1. The van der Waals surface area contributed by atoms with E-state index in [4.69, 9.17) is 16.0 Å². The van der Waals surface area contributed by atoms with Crippen LogP contribution in [0.3, 0.4) is 0 Å². The van der Waals surface area contributed by atoms with Crippen LogP contribution in [0.1, 0.15) is 18.7 Å². The van der Waals surface area contributed by atoms with Gasteiger partial charge in [0.15, 0.2) is 0 Å². The van der Waals surface area contributed by atoms with Crippen LogP contribution in [0.25, 0.3) is 11.5 Å². The molecular weight excluding hydrogens is 278 g/mol. The zero-order valence-electron chi connectivity index (χ0n) is 11.0. The van der Waals surface area contributed by atoms with Gasteiger partial charge in [-0.25, -0.2) is 0 Å². The van der Waals surface area contributed by atoms with Crippen LogP contribution >= 0.6 is 11.6 Å². The molecule has 2 aromatic rings. The first-order chi connectivity index (χ1) is 9.70. The average molecular weight is 294 g/mol. The van der Waals surface area contributed by atoms with Crippen molar-refractivity contribution in [3.05, 3.63) is 35.2 Å². The lowest BCUT2D eigenvalue weighted by atomic mass is 10.1. The number of β-amino-alcohol motifs (C(OH)–C–C–N with tert-alkyl or cyclic N) is 1. The molecule has 1 aromatic heterocycles. The lowest BCUT2D eigenvalue weighted by molar-refractivity contribution is 0.0625. The minimum Gasteiger partial charge on any atom is -0.419 e. The van der Waals surface area contributed by atoms with Gasteiger partial charge < -0.3 is 9.52 Å².